The minimum atomic E-state index is 0. The zero-order valence-electron chi connectivity index (χ0n) is 10.0. The summed E-state index contributed by atoms with van der Waals surface area (Å²) in [5, 5.41) is 14.1. The zero-order chi connectivity index (χ0) is 12.3. The molecule has 2 nitrogen and oxygen atoms in total. The van der Waals surface area contributed by atoms with Crippen LogP contribution in [0.3, 0.4) is 0 Å². The standard InChI is InChI=1S/C13H17Cl2NO.ClH/c14-12-4-3-9(6-13(12)15)11-7-16-5-1-2-10(11)8-17;/h3-4,6,10-11,16-17H,1-2,5,7-8H2;1H. The number of halogens is 3. The SMILES string of the molecule is Cl.OCC1CCCNCC1c1ccc(Cl)c(Cl)c1. The van der Waals surface area contributed by atoms with Gasteiger partial charge in [0.2, 0.25) is 0 Å². The van der Waals surface area contributed by atoms with E-state index in [1.54, 1.807) is 0 Å². The van der Waals surface area contributed by atoms with Gasteiger partial charge >= 0.3 is 0 Å². The molecule has 1 aliphatic rings. The Labute approximate surface area is 124 Å². The van der Waals surface area contributed by atoms with Gasteiger partial charge in [0.05, 0.1) is 10.0 Å². The number of nitrogens with one attached hydrogen (secondary N) is 1. The third kappa shape index (κ3) is 3.75. The summed E-state index contributed by atoms with van der Waals surface area (Å²) >= 11 is 12.0. The first-order valence-electron chi connectivity index (χ1n) is 5.99. The zero-order valence-corrected chi connectivity index (χ0v) is 12.4. The smallest absolute Gasteiger partial charge is 0.0595 e. The molecule has 0 radical (unpaired) electrons. The van der Waals surface area contributed by atoms with Crippen LogP contribution in [0.5, 0.6) is 0 Å². The summed E-state index contributed by atoms with van der Waals surface area (Å²) in [7, 11) is 0. The van der Waals surface area contributed by atoms with Gasteiger partial charge in [-0.25, -0.2) is 0 Å². The highest BCUT2D eigenvalue weighted by Gasteiger charge is 2.24. The molecule has 1 aromatic carbocycles. The van der Waals surface area contributed by atoms with Crippen LogP contribution in [0, 0.1) is 5.92 Å². The van der Waals surface area contributed by atoms with Crippen LogP contribution in [0.25, 0.3) is 0 Å². The van der Waals surface area contributed by atoms with Gasteiger partial charge in [-0.05, 0) is 43.0 Å². The Balaban J connectivity index is 0.00000162. The summed E-state index contributed by atoms with van der Waals surface area (Å²) in [5.41, 5.74) is 1.16. The van der Waals surface area contributed by atoms with Gasteiger partial charge in [-0.1, -0.05) is 29.3 Å². The second-order valence-corrected chi connectivity index (χ2v) is 5.38. The first-order valence-corrected chi connectivity index (χ1v) is 6.74. The Morgan fingerprint density at radius 1 is 1.28 bits per heavy atom. The summed E-state index contributed by atoms with van der Waals surface area (Å²) in [4.78, 5) is 0. The molecule has 1 aromatic rings. The van der Waals surface area contributed by atoms with Crippen molar-refractivity contribution in [3.8, 4) is 0 Å². The van der Waals surface area contributed by atoms with Crippen LogP contribution >= 0.6 is 35.6 Å². The van der Waals surface area contributed by atoms with E-state index in [9.17, 15) is 5.11 Å². The van der Waals surface area contributed by atoms with E-state index in [0.29, 0.717) is 21.9 Å². The average molecular weight is 311 g/mol. The molecular weight excluding hydrogens is 293 g/mol. The van der Waals surface area contributed by atoms with E-state index in [2.05, 4.69) is 5.32 Å². The van der Waals surface area contributed by atoms with E-state index in [1.807, 2.05) is 18.2 Å². The predicted octanol–water partition coefficient (Wildman–Crippen LogP) is 3.49. The van der Waals surface area contributed by atoms with E-state index < -0.39 is 0 Å². The summed E-state index contributed by atoms with van der Waals surface area (Å²) in [6, 6.07) is 5.76. The molecule has 0 spiro atoms. The monoisotopic (exact) mass is 309 g/mol. The summed E-state index contributed by atoms with van der Waals surface area (Å²) in [6.45, 7) is 2.14. The number of hydrogen-bond donors (Lipinski definition) is 2. The van der Waals surface area contributed by atoms with Crippen molar-refractivity contribution in [1.29, 1.82) is 0 Å². The molecule has 2 N–H and O–H groups in total. The summed E-state index contributed by atoms with van der Waals surface area (Å²) < 4.78 is 0. The lowest BCUT2D eigenvalue weighted by Crippen LogP contribution is -2.24. The third-order valence-corrected chi connectivity index (χ3v) is 4.21. The molecule has 2 unspecified atom stereocenters. The van der Waals surface area contributed by atoms with E-state index in [1.165, 1.54) is 0 Å². The fourth-order valence-electron chi connectivity index (χ4n) is 2.47. The highest BCUT2D eigenvalue weighted by molar-refractivity contribution is 6.42. The Kier molecular flexibility index (Phi) is 6.75. The van der Waals surface area contributed by atoms with Crippen LogP contribution in [0.15, 0.2) is 18.2 Å². The first kappa shape index (κ1) is 16.1. The summed E-state index contributed by atoms with van der Waals surface area (Å²) in [6.07, 6.45) is 2.16. The van der Waals surface area contributed by atoms with Gasteiger partial charge in [0.1, 0.15) is 0 Å². The van der Waals surface area contributed by atoms with Gasteiger partial charge in [-0.3, -0.25) is 0 Å². The number of rotatable bonds is 2. The molecule has 1 aliphatic heterocycles. The highest BCUT2D eigenvalue weighted by Crippen LogP contribution is 2.32. The van der Waals surface area contributed by atoms with Crippen LogP contribution in [0.1, 0.15) is 24.3 Å². The maximum Gasteiger partial charge on any atom is 0.0595 e. The number of benzene rings is 1. The van der Waals surface area contributed by atoms with Crippen LogP contribution in [0.2, 0.25) is 10.0 Å². The van der Waals surface area contributed by atoms with Gasteiger partial charge in [0, 0.05) is 19.1 Å². The Hall–Kier alpha value is 0.01000. The van der Waals surface area contributed by atoms with Crippen LogP contribution in [0.4, 0.5) is 0 Å². The molecule has 2 atom stereocenters. The van der Waals surface area contributed by atoms with E-state index in [4.69, 9.17) is 23.2 Å². The lowest BCUT2D eigenvalue weighted by molar-refractivity contribution is 0.200. The van der Waals surface area contributed by atoms with Crippen molar-refractivity contribution in [2.75, 3.05) is 19.7 Å². The topological polar surface area (TPSA) is 32.3 Å². The minimum absolute atomic E-state index is 0. The Morgan fingerprint density at radius 2 is 2.06 bits per heavy atom. The molecule has 102 valence electrons. The normalized spacial score (nSPS) is 24.2. The Bertz CT molecular complexity index is 386. The lowest BCUT2D eigenvalue weighted by atomic mass is 9.84. The maximum atomic E-state index is 9.48. The third-order valence-electron chi connectivity index (χ3n) is 3.47. The molecule has 1 heterocycles. The second kappa shape index (κ2) is 7.56. The van der Waals surface area contributed by atoms with Crippen LogP contribution in [-0.2, 0) is 0 Å². The van der Waals surface area contributed by atoms with Gasteiger partial charge in [-0.2, -0.15) is 0 Å². The van der Waals surface area contributed by atoms with Gasteiger partial charge in [0.25, 0.3) is 0 Å². The Morgan fingerprint density at radius 3 is 2.72 bits per heavy atom. The molecule has 18 heavy (non-hydrogen) atoms. The maximum absolute atomic E-state index is 9.48. The molecule has 1 saturated heterocycles. The van der Waals surface area contributed by atoms with Crippen molar-refractivity contribution >= 4 is 35.6 Å². The van der Waals surface area contributed by atoms with Gasteiger partial charge in [-0.15, -0.1) is 12.4 Å². The molecule has 2 rings (SSSR count). The van der Waals surface area contributed by atoms with Crippen molar-refractivity contribution < 1.29 is 5.11 Å². The van der Waals surface area contributed by atoms with Crippen LogP contribution < -0.4 is 5.32 Å². The second-order valence-electron chi connectivity index (χ2n) is 4.57. The van der Waals surface area contributed by atoms with Crippen molar-refractivity contribution in [3.05, 3.63) is 33.8 Å². The van der Waals surface area contributed by atoms with Gasteiger partial charge < -0.3 is 10.4 Å². The number of aliphatic hydroxyl groups excluding tert-OH is 1. The fourth-order valence-corrected chi connectivity index (χ4v) is 2.77. The van der Waals surface area contributed by atoms with E-state index in [0.717, 1.165) is 31.5 Å². The molecule has 0 aliphatic carbocycles. The van der Waals surface area contributed by atoms with Gasteiger partial charge in [0.15, 0.2) is 0 Å². The first-order chi connectivity index (χ1) is 8.22. The quantitative estimate of drug-likeness (QED) is 0.876. The number of hydrogen-bond acceptors (Lipinski definition) is 2. The van der Waals surface area contributed by atoms with Crippen molar-refractivity contribution in [2.24, 2.45) is 5.92 Å². The molecular formula is C13H18Cl3NO. The highest BCUT2D eigenvalue weighted by atomic mass is 35.5. The minimum Gasteiger partial charge on any atom is -0.396 e. The summed E-state index contributed by atoms with van der Waals surface area (Å²) in [5.74, 6) is 0.625. The predicted molar refractivity (Wildman–Crippen MR) is 79.1 cm³/mol. The van der Waals surface area contributed by atoms with Crippen LogP contribution in [-0.4, -0.2) is 24.8 Å². The molecule has 0 saturated carbocycles. The average Bonchev–Trinajstić information content (AvgIpc) is 2.57. The van der Waals surface area contributed by atoms with E-state index >= 15 is 0 Å². The fraction of sp³-hybridized carbons (Fsp3) is 0.538. The molecule has 0 aromatic heterocycles. The van der Waals surface area contributed by atoms with Crippen molar-refractivity contribution in [3.63, 3.8) is 0 Å². The molecule has 5 heteroatoms. The lowest BCUT2D eigenvalue weighted by Gasteiger charge is -2.23. The molecule has 0 bridgehead atoms. The molecule has 0 amide bonds. The molecule has 1 fully saturated rings. The largest absolute Gasteiger partial charge is 0.396 e. The van der Waals surface area contributed by atoms with Crippen molar-refractivity contribution in [2.45, 2.75) is 18.8 Å². The van der Waals surface area contributed by atoms with E-state index in [-0.39, 0.29) is 19.0 Å². The van der Waals surface area contributed by atoms with Crippen molar-refractivity contribution in [1.82, 2.24) is 5.32 Å². The number of aliphatic hydroxyl groups is 1.